The molecule has 0 aliphatic carbocycles. The van der Waals surface area contributed by atoms with Crippen molar-refractivity contribution < 1.29 is 4.74 Å². The number of nitrogens with zero attached hydrogens (tertiary/aromatic N) is 3. The first-order chi connectivity index (χ1) is 5.95. The molecule has 0 aromatic heterocycles. The summed E-state index contributed by atoms with van der Waals surface area (Å²) in [6, 6.07) is 3.77. The third-order valence-corrected chi connectivity index (χ3v) is 1.92. The maximum atomic E-state index is 5.24. The average Bonchev–Trinajstić information content (AvgIpc) is 2.71. The molecule has 58 valence electrons. The minimum Gasteiger partial charge on any atom is -0.469 e. The number of aliphatic imine (C=N–C) groups is 1. The zero-order chi connectivity index (χ0) is 7.97. The van der Waals surface area contributed by atoms with Crippen LogP contribution in [0, 0.1) is 0 Å². The van der Waals surface area contributed by atoms with Crippen molar-refractivity contribution in [1.29, 1.82) is 0 Å². The van der Waals surface area contributed by atoms with Gasteiger partial charge in [0.05, 0.1) is 5.69 Å². The van der Waals surface area contributed by atoms with Gasteiger partial charge < -0.3 is 4.74 Å². The smallest absolute Gasteiger partial charge is 0.180 e. The molecule has 2 aliphatic rings. The minimum absolute atomic E-state index is 0.404. The van der Waals surface area contributed by atoms with Crippen molar-refractivity contribution in [2.75, 3.05) is 6.73 Å². The number of hydrogen-bond acceptors (Lipinski definition) is 4. The van der Waals surface area contributed by atoms with E-state index in [0.29, 0.717) is 6.73 Å². The molecule has 0 spiro atoms. The number of fused-ring (bicyclic) bond motifs is 3. The van der Waals surface area contributed by atoms with Gasteiger partial charge in [0.2, 0.25) is 0 Å². The molecule has 0 amide bonds. The second-order valence-corrected chi connectivity index (χ2v) is 2.59. The van der Waals surface area contributed by atoms with E-state index in [4.69, 9.17) is 4.74 Å². The number of hydrogen-bond donors (Lipinski definition) is 0. The Balaban J connectivity index is 2.54. The largest absolute Gasteiger partial charge is 0.469 e. The quantitative estimate of drug-likeness (QED) is 0.523. The molecule has 0 N–H and O–H groups in total. The Labute approximate surface area is 67.9 Å². The summed E-state index contributed by atoms with van der Waals surface area (Å²) in [6.45, 7) is 0.404. The summed E-state index contributed by atoms with van der Waals surface area (Å²) in [6.07, 6.45) is 1.54. The van der Waals surface area contributed by atoms with Crippen LogP contribution in [0.4, 0.5) is 5.69 Å². The molecule has 0 fully saturated rings. The third-order valence-electron chi connectivity index (χ3n) is 1.92. The van der Waals surface area contributed by atoms with Gasteiger partial charge in [-0.05, 0) is 12.1 Å². The Morgan fingerprint density at radius 2 is 2.25 bits per heavy atom. The Kier molecular flexibility index (Phi) is 0.935. The molecule has 4 heteroatoms. The second kappa shape index (κ2) is 1.91. The van der Waals surface area contributed by atoms with Gasteiger partial charge in [0.25, 0.3) is 0 Å². The summed E-state index contributed by atoms with van der Waals surface area (Å²) in [4.78, 5) is 12.3. The van der Waals surface area contributed by atoms with E-state index in [1.54, 1.807) is 6.34 Å². The SMILES string of the molecule is C1=Nc2ccc3c(c2=N1)=NCO3. The monoisotopic (exact) mass is 159 g/mol. The van der Waals surface area contributed by atoms with Crippen LogP contribution in [0.3, 0.4) is 0 Å². The van der Waals surface area contributed by atoms with Crippen LogP contribution in [0.2, 0.25) is 0 Å². The first-order valence-electron chi connectivity index (χ1n) is 3.66. The first-order valence-corrected chi connectivity index (χ1v) is 3.66. The topological polar surface area (TPSA) is 46.3 Å². The molecule has 3 rings (SSSR count). The van der Waals surface area contributed by atoms with E-state index in [1.807, 2.05) is 12.1 Å². The van der Waals surface area contributed by atoms with Gasteiger partial charge in [-0.25, -0.2) is 15.0 Å². The van der Waals surface area contributed by atoms with E-state index < -0.39 is 0 Å². The highest BCUT2D eigenvalue weighted by molar-refractivity contribution is 5.67. The van der Waals surface area contributed by atoms with Crippen molar-refractivity contribution >= 4 is 12.0 Å². The van der Waals surface area contributed by atoms with Crippen molar-refractivity contribution in [2.24, 2.45) is 15.0 Å². The van der Waals surface area contributed by atoms with Crippen molar-refractivity contribution in [3.63, 3.8) is 0 Å². The van der Waals surface area contributed by atoms with Crippen LogP contribution in [0.1, 0.15) is 0 Å². The van der Waals surface area contributed by atoms with Gasteiger partial charge in [0.1, 0.15) is 22.8 Å². The minimum atomic E-state index is 0.404. The van der Waals surface area contributed by atoms with Crippen molar-refractivity contribution in [3.8, 4) is 5.75 Å². The summed E-state index contributed by atoms with van der Waals surface area (Å²) in [5.74, 6) is 0.808. The predicted octanol–water partition coefficient (Wildman–Crippen LogP) is -0.0509. The molecular weight excluding hydrogens is 154 g/mol. The van der Waals surface area contributed by atoms with Gasteiger partial charge in [-0.15, -0.1) is 0 Å². The Morgan fingerprint density at radius 3 is 3.25 bits per heavy atom. The molecule has 2 aliphatic heterocycles. The van der Waals surface area contributed by atoms with Gasteiger partial charge in [-0.1, -0.05) is 0 Å². The van der Waals surface area contributed by atoms with Crippen molar-refractivity contribution in [2.45, 2.75) is 0 Å². The molecule has 0 saturated heterocycles. The lowest BCUT2D eigenvalue weighted by atomic mass is 10.3. The zero-order valence-electron chi connectivity index (χ0n) is 6.19. The summed E-state index contributed by atoms with van der Waals surface area (Å²) in [5, 5.41) is 1.68. The molecule has 0 atom stereocenters. The maximum absolute atomic E-state index is 5.24. The summed E-state index contributed by atoms with van der Waals surface area (Å²) in [7, 11) is 0. The van der Waals surface area contributed by atoms with Crippen LogP contribution < -0.4 is 15.5 Å². The highest BCUT2D eigenvalue weighted by Crippen LogP contribution is 2.12. The van der Waals surface area contributed by atoms with Gasteiger partial charge in [-0.3, -0.25) is 0 Å². The van der Waals surface area contributed by atoms with E-state index in [9.17, 15) is 0 Å². The van der Waals surface area contributed by atoms with Gasteiger partial charge >= 0.3 is 0 Å². The van der Waals surface area contributed by atoms with E-state index in [1.165, 1.54) is 0 Å². The van der Waals surface area contributed by atoms with Crippen LogP contribution in [-0.4, -0.2) is 13.1 Å². The molecule has 1 aromatic rings. The summed E-state index contributed by atoms with van der Waals surface area (Å²) >= 11 is 0. The van der Waals surface area contributed by atoms with Crippen LogP contribution in [0.25, 0.3) is 0 Å². The van der Waals surface area contributed by atoms with Crippen LogP contribution >= 0.6 is 0 Å². The highest BCUT2D eigenvalue weighted by Gasteiger charge is 2.11. The van der Waals surface area contributed by atoms with Crippen LogP contribution in [0.5, 0.6) is 5.75 Å². The molecule has 0 unspecified atom stereocenters. The van der Waals surface area contributed by atoms with Gasteiger partial charge in [-0.2, -0.15) is 0 Å². The number of rotatable bonds is 0. The Morgan fingerprint density at radius 1 is 1.25 bits per heavy atom. The van der Waals surface area contributed by atoms with Crippen molar-refractivity contribution in [1.82, 2.24) is 0 Å². The lowest BCUT2D eigenvalue weighted by molar-refractivity contribution is 0.352. The van der Waals surface area contributed by atoms with E-state index in [0.717, 1.165) is 22.2 Å². The van der Waals surface area contributed by atoms with E-state index >= 15 is 0 Å². The molecule has 4 nitrogen and oxygen atoms in total. The van der Waals surface area contributed by atoms with E-state index in [2.05, 4.69) is 15.0 Å². The predicted molar refractivity (Wildman–Crippen MR) is 42.4 cm³/mol. The molecule has 2 heterocycles. The van der Waals surface area contributed by atoms with Gasteiger partial charge in [0.15, 0.2) is 6.73 Å². The first kappa shape index (κ1) is 5.88. The number of benzene rings is 1. The maximum Gasteiger partial charge on any atom is 0.180 e. The normalized spacial score (nSPS) is 16.0. The van der Waals surface area contributed by atoms with Crippen LogP contribution in [0.15, 0.2) is 27.1 Å². The Hall–Kier alpha value is -1.71. The average molecular weight is 159 g/mol. The molecule has 0 bridgehead atoms. The van der Waals surface area contributed by atoms with Crippen molar-refractivity contribution in [3.05, 3.63) is 22.8 Å². The lowest BCUT2D eigenvalue weighted by Crippen LogP contribution is -2.22. The molecule has 12 heavy (non-hydrogen) atoms. The highest BCUT2D eigenvalue weighted by atomic mass is 16.5. The van der Waals surface area contributed by atoms with Crippen LogP contribution in [-0.2, 0) is 0 Å². The fourth-order valence-electron chi connectivity index (χ4n) is 1.37. The lowest BCUT2D eigenvalue weighted by Gasteiger charge is -1.93. The zero-order valence-corrected chi connectivity index (χ0v) is 6.19. The molecular formula is C8H5N3O. The molecule has 0 radical (unpaired) electrons. The third kappa shape index (κ3) is 0.592. The summed E-state index contributed by atoms with van der Waals surface area (Å²) in [5.41, 5.74) is 0.878. The fraction of sp³-hybridized carbons (Fsp3) is 0.125. The second-order valence-electron chi connectivity index (χ2n) is 2.59. The van der Waals surface area contributed by atoms with Gasteiger partial charge in [0, 0.05) is 0 Å². The Bertz CT molecular complexity index is 490. The summed E-state index contributed by atoms with van der Waals surface area (Å²) < 4.78 is 5.24. The van der Waals surface area contributed by atoms with E-state index in [-0.39, 0.29) is 0 Å². The number of ether oxygens (including phenoxy) is 1. The standard InChI is InChI=1S/C8H5N3O/c1-2-6-8(11-4-12-6)7-5(1)9-3-10-7/h1-3H,4H2. The fourth-order valence-corrected chi connectivity index (χ4v) is 1.37. The molecule has 0 saturated carbocycles. The molecule has 1 aromatic carbocycles.